The lowest BCUT2D eigenvalue weighted by Crippen LogP contribution is -2.52. The van der Waals surface area contributed by atoms with Crippen molar-refractivity contribution in [2.24, 2.45) is 0 Å². The van der Waals surface area contributed by atoms with E-state index in [4.69, 9.17) is 11.6 Å². The van der Waals surface area contributed by atoms with E-state index in [1.54, 1.807) is 37.3 Å². The van der Waals surface area contributed by atoms with Crippen LogP contribution in [0.1, 0.15) is 38.2 Å². The van der Waals surface area contributed by atoms with E-state index in [0.717, 1.165) is 41.6 Å². The smallest absolute Gasteiger partial charge is 0.244 e. The molecule has 37 heavy (non-hydrogen) atoms. The number of fused-ring (bicyclic) bond motifs is 1. The first-order valence-corrected chi connectivity index (χ1v) is 14.7. The molecule has 0 aromatic heterocycles. The number of hydrogen-bond acceptors (Lipinski definition) is 4. The van der Waals surface area contributed by atoms with Crippen LogP contribution in [0.5, 0.6) is 0 Å². The van der Waals surface area contributed by atoms with Gasteiger partial charge in [-0.05, 0) is 42.8 Å². The summed E-state index contributed by atoms with van der Waals surface area (Å²) in [5.41, 5.74) is 1.09. The molecule has 1 N–H and O–H groups in total. The Bertz CT molecular complexity index is 1380. The Morgan fingerprint density at radius 3 is 2.35 bits per heavy atom. The van der Waals surface area contributed by atoms with Crippen molar-refractivity contribution in [1.29, 1.82) is 0 Å². The monoisotopic (exact) mass is 541 g/mol. The zero-order valence-electron chi connectivity index (χ0n) is 21.1. The summed E-state index contributed by atoms with van der Waals surface area (Å²) in [6.45, 7) is 1.30. The van der Waals surface area contributed by atoms with Gasteiger partial charge in [0.25, 0.3) is 0 Å². The highest BCUT2D eigenvalue weighted by molar-refractivity contribution is 7.92. The molecule has 0 bridgehead atoms. The Morgan fingerprint density at radius 2 is 1.65 bits per heavy atom. The van der Waals surface area contributed by atoms with Crippen molar-refractivity contribution >= 4 is 49.9 Å². The maximum Gasteiger partial charge on any atom is 0.244 e. The number of halogens is 1. The maximum atomic E-state index is 13.8. The van der Waals surface area contributed by atoms with Gasteiger partial charge in [-0.1, -0.05) is 79.0 Å². The normalized spacial score (nSPS) is 14.9. The number of amides is 2. The van der Waals surface area contributed by atoms with Crippen LogP contribution in [-0.2, 0) is 26.2 Å². The number of nitrogens with one attached hydrogen (secondary N) is 1. The van der Waals surface area contributed by atoms with Gasteiger partial charge in [0.05, 0.1) is 11.9 Å². The summed E-state index contributed by atoms with van der Waals surface area (Å²) in [6.07, 6.45) is 5.04. The minimum Gasteiger partial charge on any atom is -0.352 e. The molecule has 1 fully saturated rings. The summed E-state index contributed by atoms with van der Waals surface area (Å²) >= 11 is 6.39. The van der Waals surface area contributed by atoms with Crippen LogP contribution < -0.4 is 9.62 Å². The van der Waals surface area contributed by atoms with Crippen molar-refractivity contribution in [2.45, 2.75) is 51.2 Å². The number of sulfonamides is 1. The number of nitrogens with zero attached hydrogens (tertiary/aromatic N) is 2. The number of carbonyl (C=O) groups excluding carboxylic acids is 2. The van der Waals surface area contributed by atoms with Gasteiger partial charge in [-0.15, -0.1) is 0 Å². The summed E-state index contributed by atoms with van der Waals surface area (Å²) in [5.74, 6) is -0.754. The van der Waals surface area contributed by atoms with Crippen LogP contribution in [0, 0.1) is 0 Å². The molecule has 1 aliphatic carbocycles. The Labute approximate surface area is 223 Å². The third kappa shape index (κ3) is 6.43. The minimum atomic E-state index is -3.82. The molecule has 0 aliphatic heterocycles. The van der Waals surface area contributed by atoms with Gasteiger partial charge in [0.15, 0.2) is 0 Å². The average Bonchev–Trinajstić information content (AvgIpc) is 3.38. The molecule has 3 aromatic carbocycles. The second kappa shape index (κ2) is 11.5. The van der Waals surface area contributed by atoms with Gasteiger partial charge < -0.3 is 10.2 Å². The standard InChI is InChI=1S/C28H32ClN3O4S/c1-20(28(34)30-23-13-5-6-14-23)31(18-22-11-4-8-16-25(22)29)27(33)19-32(37(2,35)36)26-17-9-12-21-10-3-7-15-24(21)26/h3-4,7-12,15-17,20,23H,5-6,13-14,18-19H2,1-2H3,(H,30,34)/t20-/m1/s1. The van der Waals surface area contributed by atoms with Crippen molar-refractivity contribution in [2.75, 3.05) is 17.1 Å². The zero-order chi connectivity index (χ0) is 26.6. The average molecular weight is 542 g/mol. The van der Waals surface area contributed by atoms with Gasteiger partial charge >= 0.3 is 0 Å². The van der Waals surface area contributed by atoms with Crippen LogP contribution in [0.4, 0.5) is 5.69 Å². The first-order chi connectivity index (χ1) is 17.6. The van der Waals surface area contributed by atoms with E-state index in [2.05, 4.69) is 5.32 Å². The molecule has 0 radical (unpaired) electrons. The van der Waals surface area contributed by atoms with Crippen molar-refractivity contribution in [3.63, 3.8) is 0 Å². The molecule has 0 unspecified atom stereocenters. The summed E-state index contributed by atoms with van der Waals surface area (Å²) in [5, 5.41) is 5.10. The third-order valence-corrected chi connectivity index (χ3v) is 8.38. The van der Waals surface area contributed by atoms with Crippen LogP contribution in [0.2, 0.25) is 5.02 Å². The van der Waals surface area contributed by atoms with Gasteiger partial charge in [0.2, 0.25) is 21.8 Å². The Kier molecular flexibility index (Phi) is 8.39. The molecular formula is C28H32ClN3O4S. The van der Waals surface area contributed by atoms with Gasteiger partial charge in [-0.2, -0.15) is 0 Å². The van der Waals surface area contributed by atoms with Crippen LogP contribution in [0.3, 0.4) is 0 Å². The SMILES string of the molecule is C[C@H](C(=O)NC1CCCC1)N(Cc1ccccc1Cl)C(=O)CN(c1cccc2ccccc12)S(C)(=O)=O. The fraction of sp³-hybridized carbons (Fsp3) is 0.357. The lowest BCUT2D eigenvalue weighted by molar-refractivity contribution is -0.139. The minimum absolute atomic E-state index is 0.0743. The number of carbonyl (C=O) groups is 2. The van der Waals surface area contributed by atoms with Crippen molar-refractivity contribution < 1.29 is 18.0 Å². The van der Waals surface area contributed by atoms with E-state index in [9.17, 15) is 18.0 Å². The Hall–Kier alpha value is -3.10. The predicted octanol–water partition coefficient (Wildman–Crippen LogP) is 4.74. The quantitative estimate of drug-likeness (QED) is 0.424. The first-order valence-electron chi connectivity index (χ1n) is 12.4. The lowest BCUT2D eigenvalue weighted by atomic mass is 10.1. The first kappa shape index (κ1) is 26.9. The molecule has 4 rings (SSSR count). The number of rotatable bonds is 9. The van der Waals surface area contributed by atoms with E-state index in [0.29, 0.717) is 21.7 Å². The second-order valence-corrected chi connectivity index (χ2v) is 11.9. The summed E-state index contributed by atoms with van der Waals surface area (Å²) in [6, 6.07) is 19.1. The van der Waals surface area contributed by atoms with Gasteiger partial charge in [0, 0.05) is 23.0 Å². The summed E-state index contributed by atoms with van der Waals surface area (Å²) in [4.78, 5) is 28.4. The molecule has 1 atom stereocenters. The second-order valence-electron chi connectivity index (χ2n) is 9.55. The maximum absolute atomic E-state index is 13.8. The number of hydrogen-bond donors (Lipinski definition) is 1. The molecule has 2 amide bonds. The van der Waals surface area contributed by atoms with Gasteiger partial charge in [-0.3, -0.25) is 13.9 Å². The van der Waals surface area contributed by atoms with Crippen LogP contribution in [0.15, 0.2) is 66.7 Å². The lowest BCUT2D eigenvalue weighted by Gasteiger charge is -2.32. The topological polar surface area (TPSA) is 86.8 Å². The molecule has 9 heteroatoms. The van der Waals surface area contributed by atoms with Crippen molar-refractivity contribution in [3.05, 3.63) is 77.3 Å². The van der Waals surface area contributed by atoms with E-state index in [1.165, 1.54) is 4.90 Å². The van der Waals surface area contributed by atoms with Gasteiger partial charge in [0.1, 0.15) is 12.6 Å². The predicted molar refractivity (Wildman–Crippen MR) is 148 cm³/mol. The number of anilines is 1. The third-order valence-electron chi connectivity index (χ3n) is 6.88. The molecule has 0 saturated heterocycles. The fourth-order valence-corrected chi connectivity index (χ4v) is 5.86. The van der Waals surface area contributed by atoms with Gasteiger partial charge in [-0.25, -0.2) is 8.42 Å². The summed E-state index contributed by atoms with van der Waals surface area (Å²) < 4.78 is 27.0. The number of benzene rings is 3. The Morgan fingerprint density at radius 1 is 1.00 bits per heavy atom. The molecule has 1 aliphatic rings. The molecular weight excluding hydrogens is 510 g/mol. The van der Waals surface area contributed by atoms with E-state index in [1.807, 2.05) is 36.4 Å². The Balaban J connectivity index is 1.66. The highest BCUT2D eigenvalue weighted by Gasteiger charge is 2.32. The highest BCUT2D eigenvalue weighted by Crippen LogP contribution is 2.29. The van der Waals surface area contributed by atoms with Crippen LogP contribution in [-0.4, -0.2) is 50.0 Å². The summed E-state index contributed by atoms with van der Waals surface area (Å²) in [7, 11) is -3.82. The van der Waals surface area contributed by atoms with E-state index >= 15 is 0 Å². The van der Waals surface area contributed by atoms with Crippen LogP contribution in [0.25, 0.3) is 10.8 Å². The fourth-order valence-electron chi connectivity index (χ4n) is 4.81. The molecule has 0 heterocycles. The zero-order valence-corrected chi connectivity index (χ0v) is 22.6. The van der Waals surface area contributed by atoms with Crippen molar-refractivity contribution in [1.82, 2.24) is 10.2 Å². The largest absolute Gasteiger partial charge is 0.352 e. The highest BCUT2D eigenvalue weighted by atomic mass is 35.5. The van der Waals surface area contributed by atoms with Crippen LogP contribution >= 0.6 is 11.6 Å². The van der Waals surface area contributed by atoms with Crippen molar-refractivity contribution in [3.8, 4) is 0 Å². The molecule has 7 nitrogen and oxygen atoms in total. The molecule has 196 valence electrons. The molecule has 0 spiro atoms. The molecule has 1 saturated carbocycles. The van der Waals surface area contributed by atoms with E-state index in [-0.39, 0.29) is 18.5 Å². The molecule has 3 aromatic rings. The van der Waals surface area contributed by atoms with E-state index < -0.39 is 28.5 Å².